The Kier molecular flexibility index (Phi) is 8.23. The third-order valence-electron chi connectivity index (χ3n) is 15.5. The Morgan fingerprint density at radius 3 is 0.806 bits per heavy atom. The number of rotatable bonds is 4. The molecule has 0 aliphatic heterocycles. The highest BCUT2D eigenvalue weighted by atomic mass is 19.4. The highest BCUT2D eigenvalue weighted by Gasteiger charge is 2.40. The molecule has 0 spiro atoms. The number of hydrogen-bond acceptors (Lipinski definition) is 0. The van der Waals surface area contributed by atoms with Crippen molar-refractivity contribution in [3.63, 3.8) is 0 Å². The summed E-state index contributed by atoms with van der Waals surface area (Å²) in [6, 6.07) is 64.7. The van der Waals surface area contributed by atoms with E-state index >= 15 is 26.3 Å². The third-order valence-corrected chi connectivity index (χ3v) is 15.5. The normalized spacial score (nSPS) is 12.9. The van der Waals surface area contributed by atoms with Crippen molar-refractivity contribution in [2.75, 3.05) is 0 Å². The monoisotopic (exact) mass is 940 g/mol. The van der Waals surface area contributed by atoms with Crippen LogP contribution in [0.1, 0.15) is 11.1 Å². The van der Waals surface area contributed by atoms with E-state index in [1.54, 1.807) is 24.3 Å². The minimum atomic E-state index is -4.61. The number of benzene rings is 13. The van der Waals surface area contributed by atoms with Crippen molar-refractivity contribution in [1.82, 2.24) is 0 Å². The van der Waals surface area contributed by atoms with E-state index in [0.717, 1.165) is 131 Å². The van der Waals surface area contributed by atoms with Crippen LogP contribution in [0.15, 0.2) is 206 Å². The van der Waals surface area contributed by atoms with Gasteiger partial charge in [-0.3, -0.25) is 0 Å². The smallest absolute Gasteiger partial charge is 0.166 e. The van der Waals surface area contributed by atoms with Gasteiger partial charge in [0.25, 0.3) is 0 Å². The Balaban J connectivity index is 1.08. The molecule has 0 saturated heterocycles. The molecule has 0 saturated carbocycles. The first-order valence-corrected chi connectivity index (χ1v) is 23.9. The van der Waals surface area contributed by atoms with Crippen LogP contribution in [0.3, 0.4) is 0 Å². The van der Waals surface area contributed by atoms with Crippen molar-refractivity contribution in [1.29, 1.82) is 0 Å². The van der Waals surface area contributed by atoms with Crippen molar-refractivity contribution in [2.24, 2.45) is 0 Å². The fourth-order valence-electron chi connectivity index (χ4n) is 12.9. The molecule has 13 aromatic rings. The molecule has 0 heterocycles. The first-order valence-electron chi connectivity index (χ1n) is 23.9. The molecule has 13 aromatic carbocycles. The van der Waals surface area contributed by atoms with E-state index < -0.39 is 23.5 Å². The maximum atomic E-state index is 15.2. The van der Waals surface area contributed by atoms with Crippen LogP contribution in [0.4, 0.5) is 26.3 Å². The number of hydrogen-bond donors (Lipinski definition) is 0. The average molecular weight is 941 g/mol. The summed E-state index contributed by atoms with van der Waals surface area (Å²) in [5, 5.41) is 11.1. The minimum Gasteiger partial charge on any atom is -0.166 e. The first-order chi connectivity index (χ1) is 35.1. The van der Waals surface area contributed by atoms with Gasteiger partial charge in [-0.15, -0.1) is 0 Å². The number of fused-ring (bicyclic) bond motifs is 10. The van der Waals surface area contributed by atoms with Gasteiger partial charge in [-0.05, 0) is 166 Å². The molecule has 0 bridgehead atoms. The van der Waals surface area contributed by atoms with Gasteiger partial charge in [0.2, 0.25) is 0 Å². The van der Waals surface area contributed by atoms with Gasteiger partial charge < -0.3 is 0 Å². The summed E-state index contributed by atoms with van der Waals surface area (Å²) in [4.78, 5) is 0. The summed E-state index contributed by atoms with van der Waals surface area (Å²) in [6.07, 6.45) is -9.22. The Hall–Kier alpha value is -8.74. The summed E-state index contributed by atoms with van der Waals surface area (Å²) in [5.74, 6) is 0. The molecule has 0 radical (unpaired) electrons. The summed E-state index contributed by atoms with van der Waals surface area (Å²) in [6.45, 7) is 0. The van der Waals surface area contributed by atoms with Gasteiger partial charge in [-0.2, -0.15) is 26.3 Å². The lowest BCUT2D eigenvalue weighted by molar-refractivity contribution is -0.137. The van der Waals surface area contributed by atoms with E-state index in [9.17, 15) is 0 Å². The van der Waals surface area contributed by atoms with E-state index in [0.29, 0.717) is 11.1 Å². The lowest BCUT2D eigenvalue weighted by atomic mass is 9.81. The number of alkyl halides is 6. The van der Waals surface area contributed by atoms with Crippen LogP contribution < -0.4 is 0 Å². The van der Waals surface area contributed by atoms with Gasteiger partial charge in [0, 0.05) is 0 Å². The van der Waals surface area contributed by atoms with Crippen molar-refractivity contribution in [3.05, 3.63) is 217 Å². The summed E-state index contributed by atoms with van der Waals surface area (Å²) in [5.41, 5.74) is 10.8. The maximum absolute atomic E-state index is 15.2. The molecule has 0 fully saturated rings. The summed E-state index contributed by atoms with van der Waals surface area (Å²) >= 11 is 0. The molecule has 340 valence electrons. The first kappa shape index (κ1) is 41.1. The predicted octanol–water partition coefficient (Wildman–Crippen LogP) is 20.0. The molecule has 15 rings (SSSR count). The lowest BCUT2D eigenvalue weighted by Gasteiger charge is -2.22. The van der Waals surface area contributed by atoms with Gasteiger partial charge in [-0.1, -0.05) is 194 Å². The molecule has 72 heavy (non-hydrogen) atoms. The van der Waals surface area contributed by atoms with Crippen LogP contribution in [-0.2, 0) is 12.4 Å². The van der Waals surface area contributed by atoms with Crippen LogP contribution in [0.2, 0.25) is 0 Å². The zero-order chi connectivity index (χ0) is 48.4. The zero-order valence-electron chi connectivity index (χ0n) is 37.9. The Labute approximate surface area is 408 Å². The van der Waals surface area contributed by atoms with Crippen LogP contribution in [0.25, 0.3) is 154 Å². The molecule has 2 aliphatic rings. The van der Waals surface area contributed by atoms with Gasteiger partial charge in [0.15, 0.2) is 0 Å². The average Bonchev–Trinajstić information content (AvgIpc) is 3.92. The Morgan fingerprint density at radius 2 is 0.472 bits per heavy atom. The van der Waals surface area contributed by atoms with Gasteiger partial charge >= 0.3 is 12.4 Å². The highest BCUT2D eigenvalue weighted by molar-refractivity contribution is 6.42. The molecule has 0 unspecified atom stereocenters. The molecule has 2 aliphatic carbocycles. The standard InChI is InChI=1S/C66H34F6/c67-65(68,69)51-25-13-11-23-45(51)57-39-21-9-7-19-37(39)53(35-15-3-1-4-16-35)61-47-31-27-41-44-30-34-50-60-48(32-28-42(56(44)60)43-29-33-49(63(57)61)59(47)55(41)43)62-54(36-17-5-2-6-18-36)38-20-8-10-22-40(38)58(64(50)62)46-24-12-14-26-52(46)66(70,71)72/h1-34H. The molecule has 0 N–H and O–H groups in total. The number of halogens is 6. The van der Waals surface area contributed by atoms with E-state index in [1.807, 2.05) is 84.9 Å². The largest absolute Gasteiger partial charge is 0.417 e. The van der Waals surface area contributed by atoms with Crippen LogP contribution in [-0.4, -0.2) is 0 Å². The quantitative estimate of drug-likeness (QED) is 0.0937. The fourth-order valence-corrected chi connectivity index (χ4v) is 12.9. The molecule has 0 atom stereocenters. The van der Waals surface area contributed by atoms with E-state index in [1.165, 1.54) is 24.3 Å². The summed E-state index contributed by atoms with van der Waals surface area (Å²) < 4.78 is 91.1. The van der Waals surface area contributed by atoms with E-state index in [4.69, 9.17) is 0 Å². The van der Waals surface area contributed by atoms with Crippen molar-refractivity contribution < 1.29 is 26.3 Å². The Bertz CT molecular complexity index is 4200. The third kappa shape index (κ3) is 5.38. The topological polar surface area (TPSA) is 0 Å². The molecule has 6 heteroatoms. The van der Waals surface area contributed by atoms with E-state index in [2.05, 4.69) is 72.8 Å². The van der Waals surface area contributed by atoms with Crippen molar-refractivity contribution in [3.8, 4) is 89.0 Å². The van der Waals surface area contributed by atoms with Crippen LogP contribution in [0.5, 0.6) is 0 Å². The maximum Gasteiger partial charge on any atom is 0.417 e. The minimum absolute atomic E-state index is 0.127. The second-order valence-electron chi connectivity index (χ2n) is 19.1. The second kappa shape index (κ2) is 14.4. The van der Waals surface area contributed by atoms with Crippen molar-refractivity contribution in [2.45, 2.75) is 12.4 Å². The SMILES string of the molecule is FC(F)(F)c1ccccc1-c1c2c(c(-c3ccccc3)c3ccccc13)-c1ccc3c4ccc5c6c(ccc(c7ccc-2c1c37)c64)-c1c-5c(-c2ccccc2C(F)(F)F)c2ccccc2c1-c1ccccc1. The predicted molar refractivity (Wildman–Crippen MR) is 283 cm³/mol. The second-order valence-corrected chi connectivity index (χ2v) is 19.1. The van der Waals surface area contributed by atoms with Gasteiger partial charge in [0.05, 0.1) is 11.1 Å². The molecular formula is C66H34F6. The van der Waals surface area contributed by atoms with Crippen LogP contribution in [0, 0.1) is 0 Å². The van der Waals surface area contributed by atoms with Gasteiger partial charge in [-0.25, -0.2) is 0 Å². The van der Waals surface area contributed by atoms with Crippen LogP contribution >= 0.6 is 0 Å². The zero-order valence-corrected chi connectivity index (χ0v) is 37.9. The fraction of sp³-hybridized carbons (Fsp3) is 0.0303. The molecule has 0 nitrogen and oxygen atoms in total. The highest BCUT2D eigenvalue weighted by Crippen LogP contribution is 2.63. The Morgan fingerprint density at radius 1 is 0.194 bits per heavy atom. The molecule has 0 aromatic heterocycles. The van der Waals surface area contributed by atoms with Crippen molar-refractivity contribution >= 4 is 64.6 Å². The van der Waals surface area contributed by atoms with E-state index in [-0.39, 0.29) is 11.1 Å². The molecule has 0 amide bonds. The lowest BCUT2D eigenvalue weighted by Crippen LogP contribution is -2.07. The summed E-state index contributed by atoms with van der Waals surface area (Å²) in [7, 11) is 0. The molecular weight excluding hydrogens is 907 g/mol. The van der Waals surface area contributed by atoms with Gasteiger partial charge in [0.1, 0.15) is 0 Å².